The molecule has 3 nitrogen and oxygen atoms in total. The van der Waals surface area contributed by atoms with E-state index in [1.54, 1.807) is 0 Å². The van der Waals surface area contributed by atoms with Crippen molar-refractivity contribution in [3.8, 4) is 0 Å². The maximum Gasteiger partial charge on any atom is 0.320 e. The van der Waals surface area contributed by atoms with E-state index in [0.717, 1.165) is 12.5 Å². The first kappa shape index (κ1) is 17.5. The number of carboxylic acid groups (broad SMARTS) is 1. The Balaban J connectivity index is 2.34. The van der Waals surface area contributed by atoms with Crippen LogP contribution in [-0.2, 0) is 4.79 Å². The Morgan fingerprint density at radius 1 is 1.20 bits per heavy atom. The molecule has 0 bridgehead atoms. The van der Waals surface area contributed by atoms with Crippen LogP contribution in [0.3, 0.4) is 0 Å². The summed E-state index contributed by atoms with van der Waals surface area (Å²) in [7, 11) is 0. The molecule has 0 aliphatic heterocycles. The van der Waals surface area contributed by atoms with Crippen molar-refractivity contribution >= 4 is 5.97 Å². The van der Waals surface area contributed by atoms with Gasteiger partial charge in [0.05, 0.1) is 0 Å². The van der Waals surface area contributed by atoms with E-state index < -0.39 is 5.97 Å². The highest BCUT2D eigenvalue weighted by atomic mass is 16.4. The molecule has 3 heteroatoms. The minimum Gasteiger partial charge on any atom is -0.480 e. The van der Waals surface area contributed by atoms with Crippen molar-refractivity contribution in [3.05, 3.63) is 0 Å². The molecule has 0 heterocycles. The van der Waals surface area contributed by atoms with Gasteiger partial charge in [0.2, 0.25) is 0 Å². The topological polar surface area (TPSA) is 49.3 Å². The summed E-state index contributed by atoms with van der Waals surface area (Å²) in [5, 5.41) is 12.5. The summed E-state index contributed by atoms with van der Waals surface area (Å²) < 4.78 is 0. The lowest BCUT2D eigenvalue weighted by Gasteiger charge is -2.37. The summed E-state index contributed by atoms with van der Waals surface area (Å²) in [6.07, 6.45) is 5.77. The van der Waals surface area contributed by atoms with Crippen LogP contribution >= 0.6 is 0 Å². The summed E-state index contributed by atoms with van der Waals surface area (Å²) in [6.45, 7) is 12.0. The normalized spacial score (nSPS) is 25.7. The number of carboxylic acids is 1. The fourth-order valence-electron chi connectivity index (χ4n) is 3.28. The molecule has 1 aliphatic rings. The first-order valence-electron chi connectivity index (χ1n) is 8.16. The lowest BCUT2D eigenvalue weighted by molar-refractivity contribution is -0.140. The van der Waals surface area contributed by atoms with Gasteiger partial charge < -0.3 is 10.4 Å². The predicted molar refractivity (Wildman–Crippen MR) is 83.8 cm³/mol. The number of aliphatic carboxylic acids is 1. The molecule has 20 heavy (non-hydrogen) atoms. The largest absolute Gasteiger partial charge is 0.480 e. The molecule has 0 aromatic rings. The number of carbonyl (C=O) groups is 1. The SMILES string of the molecule is CC(C)CC(NCC1CCC(C(C)(C)C)CC1)C(=O)O. The number of hydrogen-bond donors (Lipinski definition) is 2. The maximum atomic E-state index is 11.2. The van der Waals surface area contributed by atoms with Crippen LogP contribution < -0.4 is 5.32 Å². The zero-order valence-electron chi connectivity index (χ0n) is 13.9. The third kappa shape index (κ3) is 5.82. The van der Waals surface area contributed by atoms with Crippen molar-refractivity contribution in [1.29, 1.82) is 0 Å². The Morgan fingerprint density at radius 3 is 2.15 bits per heavy atom. The summed E-state index contributed by atoms with van der Waals surface area (Å²) in [4.78, 5) is 11.2. The minimum atomic E-state index is -0.706. The molecule has 1 atom stereocenters. The number of hydrogen-bond acceptors (Lipinski definition) is 2. The van der Waals surface area contributed by atoms with Crippen LogP contribution in [-0.4, -0.2) is 23.7 Å². The monoisotopic (exact) mass is 283 g/mol. The molecule has 2 N–H and O–H groups in total. The minimum absolute atomic E-state index is 0.379. The van der Waals surface area contributed by atoms with Crippen LogP contribution in [0.1, 0.15) is 66.7 Å². The van der Waals surface area contributed by atoms with Crippen molar-refractivity contribution in [2.45, 2.75) is 72.8 Å². The highest BCUT2D eigenvalue weighted by molar-refractivity contribution is 5.73. The third-order valence-electron chi connectivity index (χ3n) is 4.73. The molecule has 118 valence electrons. The van der Waals surface area contributed by atoms with Crippen molar-refractivity contribution < 1.29 is 9.90 Å². The molecular weight excluding hydrogens is 250 g/mol. The highest BCUT2D eigenvalue weighted by Crippen LogP contribution is 2.39. The second-order valence-corrected chi connectivity index (χ2v) is 8.01. The summed E-state index contributed by atoms with van der Waals surface area (Å²) in [5.41, 5.74) is 0.416. The van der Waals surface area contributed by atoms with Crippen LogP contribution in [0.5, 0.6) is 0 Å². The zero-order chi connectivity index (χ0) is 15.3. The van der Waals surface area contributed by atoms with E-state index in [-0.39, 0.29) is 6.04 Å². The molecule has 0 saturated heterocycles. The van der Waals surface area contributed by atoms with Gasteiger partial charge in [-0.15, -0.1) is 0 Å². The Labute approximate surface area is 124 Å². The predicted octanol–water partition coefficient (Wildman–Crippen LogP) is 3.93. The van der Waals surface area contributed by atoms with E-state index in [9.17, 15) is 9.90 Å². The first-order chi connectivity index (χ1) is 9.20. The van der Waals surface area contributed by atoms with Gasteiger partial charge in [0.15, 0.2) is 0 Å². The van der Waals surface area contributed by atoms with Gasteiger partial charge in [0.25, 0.3) is 0 Å². The lowest BCUT2D eigenvalue weighted by Crippen LogP contribution is -2.41. The average Bonchev–Trinajstić information content (AvgIpc) is 2.33. The number of rotatable bonds is 6. The van der Waals surface area contributed by atoms with E-state index in [0.29, 0.717) is 23.7 Å². The van der Waals surface area contributed by atoms with Crippen molar-refractivity contribution in [2.75, 3.05) is 6.54 Å². The van der Waals surface area contributed by atoms with Crippen LogP contribution in [0.15, 0.2) is 0 Å². The molecule has 1 fully saturated rings. The Kier molecular flexibility index (Phi) is 6.50. The summed E-state index contributed by atoms with van der Waals surface area (Å²) in [5.74, 6) is 1.19. The lowest BCUT2D eigenvalue weighted by atomic mass is 9.70. The standard InChI is InChI=1S/C17H33NO2/c1-12(2)10-15(16(19)20)18-11-13-6-8-14(9-7-13)17(3,4)5/h12-15,18H,6-11H2,1-5H3,(H,19,20). The van der Waals surface area contributed by atoms with Crippen LogP contribution in [0.4, 0.5) is 0 Å². The van der Waals surface area contributed by atoms with E-state index in [2.05, 4.69) is 39.9 Å². The van der Waals surface area contributed by atoms with Gasteiger partial charge in [-0.1, -0.05) is 34.6 Å². The summed E-state index contributed by atoms with van der Waals surface area (Å²) >= 11 is 0. The molecule has 1 saturated carbocycles. The fourth-order valence-corrected chi connectivity index (χ4v) is 3.28. The molecule has 1 rings (SSSR count). The van der Waals surface area contributed by atoms with Gasteiger partial charge in [-0.25, -0.2) is 0 Å². The van der Waals surface area contributed by atoms with E-state index in [4.69, 9.17) is 0 Å². The van der Waals surface area contributed by atoms with Crippen molar-refractivity contribution in [2.24, 2.45) is 23.2 Å². The van der Waals surface area contributed by atoms with Gasteiger partial charge in [0, 0.05) is 0 Å². The van der Waals surface area contributed by atoms with E-state index >= 15 is 0 Å². The average molecular weight is 283 g/mol. The quantitative estimate of drug-likeness (QED) is 0.776. The van der Waals surface area contributed by atoms with Gasteiger partial charge in [-0.2, -0.15) is 0 Å². The van der Waals surface area contributed by atoms with Crippen LogP contribution in [0.25, 0.3) is 0 Å². The molecular formula is C17H33NO2. The first-order valence-corrected chi connectivity index (χ1v) is 8.16. The zero-order valence-corrected chi connectivity index (χ0v) is 13.9. The number of nitrogens with one attached hydrogen (secondary N) is 1. The molecule has 0 radical (unpaired) electrons. The Hall–Kier alpha value is -0.570. The van der Waals surface area contributed by atoms with Crippen LogP contribution in [0, 0.1) is 23.2 Å². The third-order valence-corrected chi connectivity index (χ3v) is 4.73. The fraction of sp³-hybridized carbons (Fsp3) is 0.941. The molecule has 0 amide bonds. The Morgan fingerprint density at radius 2 is 1.75 bits per heavy atom. The Bertz CT molecular complexity index is 299. The molecule has 0 aromatic carbocycles. The van der Waals surface area contributed by atoms with Gasteiger partial charge >= 0.3 is 5.97 Å². The summed E-state index contributed by atoms with van der Waals surface area (Å²) in [6, 6.07) is -0.379. The highest BCUT2D eigenvalue weighted by Gasteiger charge is 2.30. The van der Waals surface area contributed by atoms with Gasteiger partial charge in [-0.3, -0.25) is 4.79 Å². The molecule has 0 aromatic heterocycles. The van der Waals surface area contributed by atoms with Crippen LogP contribution in [0.2, 0.25) is 0 Å². The van der Waals surface area contributed by atoms with E-state index in [1.807, 2.05) is 0 Å². The van der Waals surface area contributed by atoms with Gasteiger partial charge in [0.1, 0.15) is 6.04 Å². The van der Waals surface area contributed by atoms with Crippen molar-refractivity contribution in [1.82, 2.24) is 5.32 Å². The van der Waals surface area contributed by atoms with E-state index in [1.165, 1.54) is 25.7 Å². The smallest absolute Gasteiger partial charge is 0.320 e. The molecule has 1 unspecified atom stereocenters. The maximum absolute atomic E-state index is 11.2. The molecule has 0 spiro atoms. The van der Waals surface area contributed by atoms with Gasteiger partial charge in [-0.05, 0) is 61.8 Å². The second kappa shape index (κ2) is 7.44. The second-order valence-electron chi connectivity index (χ2n) is 8.01. The van der Waals surface area contributed by atoms with Crippen molar-refractivity contribution in [3.63, 3.8) is 0 Å². The molecule has 1 aliphatic carbocycles.